The van der Waals surface area contributed by atoms with Gasteiger partial charge in [-0.3, -0.25) is 19.9 Å². The van der Waals surface area contributed by atoms with Crippen LogP contribution >= 0.6 is 0 Å². The number of aromatic nitrogens is 2. The lowest BCUT2D eigenvalue weighted by Crippen LogP contribution is -2.38. The van der Waals surface area contributed by atoms with E-state index < -0.39 is 4.92 Å². The van der Waals surface area contributed by atoms with Gasteiger partial charge in [-0.25, -0.2) is 0 Å². The van der Waals surface area contributed by atoms with E-state index in [-0.39, 0.29) is 17.5 Å². The van der Waals surface area contributed by atoms with E-state index >= 15 is 0 Å². The molecule has 0 radical (unpaired) electrons. The molecule has 0 saturated carbocycles. The summed E-state index contributed by atoms with van der Waals surface area (Å²) in [6, 6.07) is 8.35. The summed E-state index contributed by atoms with van der Waals surface area (Å²) in [5.74, 6) is 0.878. The van der Waals surface area contributed by atoms with E-state index in [0.29, 0.717) is 48.4 Å². The molecule has 1 aliphatic heterocycles. The molecule has 9 heteroatoms. The average Bonchev–Trinajstić information content (AvgIpc) is 3.11. The Labute approximate surface area is 160 Å². The van der Waals surface area contributed by atoms with Crippen molar-refractivity contribution in [1.29, 1.82) is 0 Å². The lowest BCUT2D eigenvalue weighted by Gasteiger charge is -2.33. The van der Waals surface area contributed by atoms with Crippen LogP contribution in [0, 0.1) is 23.0 Å². The fourth-order valence-corrected chi connectivity index (χ4v) is 3.59. The molecule has 1 N–H and O–H groups in total. The number of amides is 1. The zero-order valence-electron chi connectivity index (χ0n) is 15.3. The van der Waals surface area contributed by atoms with Crippen molar-refractivity contribution in [3.63, 3.8) is 0 Å². The molecule has 1 fully saturated rings. The number of hydrogen-bond acceptors (Lipinski definition) is 7. The number of pyridine rings is 1. The molecule has 144 valence electrons. The molecule has 3 aromatic rings. The zero-order valence-corrected chi connectivity index (χ0v) is 15.3. The maximum absolute atomic E-state index is 12.5. The second-order valence-electron chi connectivity index (χ2n) is 6.83. The highest BCUT2D eigenvalue weighted by Gasteiger charge is 2.27. The highest BCUT2D eigenvalue weighted by molar-refractivity contribution is 5.97. The summed E-state index contributed by atoms with van der Waals surface area (Å²) >= 11 is 0. The molecule has 9 nitrogen and oxygen atoms in total. The molecular formula is C19H19N5O4. The Morgan fingerprint density at radius 3 is 2.79 bits per heavy atom. The standard InChI is InChI=1S/C19H19N5O4/c1-12-11-17(22-28-12)21-19(25)13-6-9-23(10-7-13)16-5-4-15(24(26)27)14-3-2-8-20-18(14)16/h2-5,8,11,13H,6-7,9-10H2,1H3,(H,21,22,25). The number of fused-ring (bicyclic) bond motifs is 1. The van der Waals surface area contributed by atoms with Crippen LogP contribution in [0.2, 0.25) is 0 Å². The third kappa shape index (κ3) is 3.38. The Balaban J connectivity index is 1.49. The van der Waals surface area contributed by atoms with Crippen LogP contribution in [0.1, 0.15) is 18.6 Å². The van der Waals surface area contributed by atoms with Crippen LogP contribution in [0.3, 0.4) is 0 Å². The van der Waals surface area contributed by atoms with Crippen molar-refractivity contribution in [2.75, 3.05) is 23.3 Å². The minimum atomic E-state index is -0.393. The van der Waals surface area contributed by atoms with E-state index in [1.54, 1.807) is 37.4 Å². The molecule has 1 aliphatic rings. The van der Waals surface area contributed by atoms with Crippen LogP contribution in [-0.2, 0) is 4.79 Å². The predicted molar refractivity (Wildman–Crippen MR) is 103 cm³/mol. The molecule has 0 aliphatic carbocycles. The van der Waals surface area contributed by atoms with Gasteiger partial charge in [0.05, 0.1) is 16.0 Å². The molecule has 28 heavy (non-hydrogen) atoms. The SMILES string of the molecule is Cc1cc(NC(=O)C2CCN(c3ccc([N+](=O)[O-])c4cccnc34)CC2)no1. The van der Waals surface area contributed by atoms with Crippen molar-refractivity contribution in [1.82, 2.24) is 10.1 Å². The maximum atomic E-state index is 12.5. The van der Waals surface area contributed by atoms with Gasteiger partial charge in [-0.15, -0.1) is 0 Å². The number of hydrogen-bond donors (Lipinski definition) is 1. The summed E-state index contributed by atoms with van der Waals surface area (Å²) < 4.78 is 4.97. The summed E-state index contributed by atoms with van der Waals surface area (Å²) in [7, 11) is 0. The molecule has 1 aromatic carbocycles. The monoisotopic (exact) mass is 381 g/mol. The van der Waals surface area contributed by atoms with Crippen LogP contribution < -0.4 is 10.2 Å². The number of non-ortho nitro benzene ring substituents is 1. The minimum absolute atomic E-state index is 0.0454. The summed E-state index contributed by atoms with van der Waals surface area (Å²) in [4.78, 5) is 29.8. The molecule has 0 spiro atoms. The maximum Gasteiger partial charge on any atom is 0.278 e. The van der Waals surface area contributed by atoms with Gasteiger partial charge in [0.25, 0.3) is 5.69 Å². The molecule has 1 saturated heterocycles. The first-order chi connectivity index (χ1) is 13.5. The summed E-state index contributed by atoms with van der Waals surface area (Å²) in [5, 5.41) is 18.4. The van der Waals surface area contributed by atoms with Gasteiger partial charge in [0.1, 0.15) is 11.3 Å². The van der Waals surface area contributed by atoms with E-state index in [1.807, 2.05) is 0 Å². The number of piperidine rings is 1. The average molecular weight is 381 g/mol. The van der Waals surface area contributed by atoms with Crippen molar-refractivity contribution in [2.24, 2.45) is 5.92 Å². The molecule has 0 atom stereocenters. The van der Waals surface area contributed by atoms with E-state index in [0.717, 1.165) is 5.69 Å². The second kappa shape index (κ2) is 7.26. The van der Waals surface area contributed by atoms with E-state index in [9.17, 15) is 14.9 Å². The van der Waals surface area contributed by atoms with Gasteiger partial charge in [0.15, 0.2) is 5.82 Å². The first-order valence-electron chi connectivity index (χ1n) is 9.04. The summed E-state index contributed by atoms with van der Waals surface area (Å²) in [6.07, 6.45) is 2.98. The van der Waals surface area contributed by atoms with Crippen molar-refractivity contribution in [3.8, 4) is 0 Å². The largest absolute Gasteiger partial charge is 0.370 e. The van der Waals surface area contributed by atoms with Gasteiger partial charge in [0.2, 0.25) is 5.91 Å². The smallest absolute Gasteiger partial charge is 0.278 e. The fraction of sp³-hybridized carbons (Fsp3) is 0.316. The van der Waals surface area contributed by atoms with Gasteiger partial charge < -0.3 is 14.7 Å². The van der Waals surface area contributed by atoms with Gasteiger partial charge >= 0.3 is 0 Å². The lowest BCUT2D eigenvalue weighted by molar-refractivity contribution is -0.383. The third-order valence-electron chi connectivity index (χ3n) is 5.01. The van der Waals surface area contributed by atoms with Crippen LogP contribution in [0.5, 0.6) is 0 Å². The lowest BCUT2D eigenvalue weighted by atomic mass is 9.95. The number of benzene rings is 1. The molecule has 0 bridgehead atoms. The zero-order chi connectivity index (χ0) is 19.7. The van der Waals surface area contributed by atoms with Gasteiger partial charge in [0, 0.05) is 37.3 Å². The Morgan fingerprint density at radius 2 is 2.11 bits per heavy atom. The predicted octanol–water partition coefficient (Wildman–Crippen LogP) is 3.29. The molecule has 3 heterocycles. The number of nitro groups is 1. The number of carbonyl (C=O) groups excluding carboxylic acids is 1. The fourth-order valence-electron chi connectivity index (χ4n) is 3.59. The Bertz CT molecular complexity index is 1040. The van der Waals surface area contributed by atoms with Gasteiger partial charge in [-0.05, 0) is 38.0 Å². The van der Waals surface area contributed by atoms with Crippen molar-refractivity contribution in [3.05, 3.63) is 52.4 Å². The van der Waals surface area contributed by atoms with Crippen molar-refractivity contribution in [2.45, 2.75) is 19.8 Å². The molecule has 4 rings (SSSR count). The normalized spacial score (nSPS) is 15.0. The minimum Gasteiger partial charge on any atom is -0.370 e. The number of anilines is 2. The number of carbonyl (C=O) groups is 1. The van der Waals surface area contributed by atoms with E-state index in [2.05, 4.69) is 20.4 Å². The molecule has 2 aromatic heterocycles. The number of aryl methyl sites for hydroxylation is 1. The highest BCUT2D eigenvalue weighted by Crippen LogP contribution is 2.34. The Hall–Kier alpha value is -3.49. The summed E-state index contributed by atoms with van der Waals surface area (Å²) in [6.45, 7) is 3.10. The highest BCUT2D eigenvalue weighted by atomic mass is 16.6. The number of nitrogens with one attached hydrogen (secondary N) is 1. The number of nitrogens with zero attached hydrogens (tertiary/aromatic N) is 4. The number of rotatable bonds is 4. The number of nitro benzene ring substituents is 1. The second-order valence-corrected chi connectivity index (χ2v) is 6.83. The van der Waals surface area contributed by atoms with Crippen LogP contribution in [-0.4, -0.2) is 34.1 Å². The van der Waals surface area contributed by atoms with Gasteiger partial charge in [-0.2, -0.15) is 0 Å². The van der Waals surface area contributed by atoms with Crippen molar-refractivity contribution < 1.29 is 14.2 Å². The Morgan fingerprint density at radius 1 is 1.32 bits per heavy atom. The third-order valence-corrected chi connectivity index (χ3v) is 5.01. The molecular weight excluding hydrogens is 362 g/mol. The first kappa shape index (κ1) is 17.9. The summed E-state index contributed by atoms with van der Waals surface area (Å²) in [5.41, 5.74) is 1.51. The van der Waals surface area contributed by atoms with Crippen LogP contribution in [0.15, 0.2) is 41.1 Å². The van der Waals surface area contributed by atoms with E-state index in [4.69, 9.17) is 4.52 Å². The van der Waals surface area contributed by atoms with Crippen molar-refractivity contribution >= 4 is 34.0 Å². The van der Waals surface area contributed by atoms with Gasteiger partial charge in [-0.1, -0.05) is 5.16 Å². The van der Waals surface area contributed by atoms with Crippen LogP contribution in [0.4, 0.5) is 17.2 Å². The van der Waals surface area contributed by atoms with Crippen LogP contribution in [0.25, 0.3) is 10.9 Å². The molecule has 1 amide bonds. The van der Waals surface area contributed by atoms with E-state index in [1.165, 1.54) is 6.07 Å². The topological polar surface area (TPSA) is 114 Å². The quantitative estimate of drug-likeness (QED) is 0.545. The first-order valence-corrected chi connectivity index (χ1v) is 9.04. The molecule has 0 unspecified atom stereocenters. The Kier molecular flexibility index (Phi) is 4.64.